The lowest BCUT2D eigenvalue weighted by Crippen LogP contribution is -2.25. The number of nitrogens with one attached hydrogen (secondary N) is 2. The Hall–Kier alpha value is -3.48. The molecule has 3 heterocycles. The van der Waals surface area contributed by atoms with E-state index in [1.165, 1.54) is 42.0 Å². The van der Waals surface area contributed by atoms with Gasteiger partial charge in [0.2, 0.25) is 5.95 Å². The maximum absolute atomic E-state index is 13.3. The summed E-state index contributed by atoms with van der Waals surface area (Å²) in [6.45, 7) is 1.84. The number of anilines is 3. The van der Waals surface area contributed by atoms with Crippen molar-refractivity contribution >= 4 is 29.1 Å². The van der Waals surface area contributed by atoms with Crippen molar-refractivity contribution in [3.8, 4) is 0 Å². The highest BCUT2D eigenvalue weighted by atomic mass is 35.5. The first kappa shape index (κ1) is 31.5. The Balaban J connectivity index is 0.000000243. The van der Waals surface area contributed by atoms with E-state index in [0.29, 0.717) is 16.8 Å². The maximum Gasteiger partial charge on any atom is 0.421 e. The zero-order valence-electron chi connectivity index (χ0n) is 22.6. The van der Waals surface area contributed by atoms with E-state index in [0.717, 1.165) is 57.6 Å². The largest absolute Gasteiger partial charge is 0.421 e. The van der Waals surface area contributed by atoms with Crippen molar-refractivity contribution in [2.24, 2.45) is 0 Å². The number of rotatable bonds is 6. The molecular weight excluding hydrogens is 573 g/mol. The van der Waals surface area contributed by atoms with Gasteiger partial charge in [-0.25, -0.2) is 14.3 Å². The zero-order chi connectivity index (χ0) is 29.2. The van der Waals surface area contributed by atoms with E-state index in [4.69, 9.17) is 11.6 Å². The van der Waals surface area contributed by atoms with E-state index in [-0.39, 0.29) is 41.9 Å². The standard InChI is InChI=1S/C18H21F3N6O.C9H11ClN2O.CH4/c1-17(6-7-17)26-15-13(18(19,20)21)10-22-16(25-15)24-11-8-14(28)27(23-9-11)12-4-2-3-5-12;10-7-5-9(13)12(11-6-7)8-3-1-2-4-8;/h8-10,12H,2-7H2,1H3,(H2,22,24,25,26);5-6,8H,1-4H2;1H4. The third kappa shape index (κ3) is 7.67. The predicted octanol–water partition coefficient (Wildman–Crippen LogP) is 6.52. The van der Waals surface area contributed by atoms with Gasteiger partial charge in [0.15, 0.2) is 0 Å². The molecule has 0 bridgehead atoms. The number of hydrogen-bond acceptors (Lipinski definition) is 8. The molecule has 0 spiro atoms. The zero-order valence-corrected chi connectivity index (χ0v) is 23.4. The molecule has 3 aromatic rings. The van der Waals surface area contributed by atoms with Gasteiger partial charge in [0.05, 0.1) is 35.2 Å². The van der Waals surface area contributed by atoms with Crippen LogP contribution in [0.25, 0.3) is 0 Å². The van der Waals surface area contributed by atoms with Gasteiger partial charge in [-0.1, -0.05) is 44.7 Å². The first-order chi connectivity index (χ1) is 19.5. The summed E-state index contributed by atoms with van der Waals surface area (Å²) in [5.41, 5.74) is -1.30. The third-order valence-electron chi connectivity index (χ3n) is 7.73. The molecule has 0 aromatic carbocycles. The molecule has 0 saturated heterocycles. The van der Waals surface area contributed by atoms with Gasteiger partial charge < -0.3 is 10.6 Å². The summed E-state index contributed by atoms with van der Waals surface area (Å²) < 4.78 is 42.8. The topological polar surface area (TPSA) is 120 Å². The van der Waals surface area contributed by atoms with E-state index < -0.39 is 11.7 Å². The highest BCUT2D eigenvalue weighted by Gasteiger charge is 2.42. The molecule has 3 fully saturated rings. The van der Waals surface area contributed by atoms with Gasteiger partial charge in [-0.2, -0.15) is 28.4 Å². The van der Waals surface area contributed by atoms with E-state index >= 15 is 0 Å². The Morgan fingerprint density at radius 1 is 0.905 bits per heavy atom. The number of halogens is 4. The molecule has 0 amide bonds. The average Bonchev–Trinajstić information content (AvgIpc) is 3.31. The van der Waals surface area contributed by atoms with Crippen molar-refractivity contribution in [1.29, 1.82) is 0 Å². The Labute approximate surface area is 246 Å². The van der Waals surface area contributed by atoms with Crippen LogP contribution in [0.1, 0.15) is 96.2 Å². The Morgan fingerprint density at radius 3 is 1.95 bits per heavy atom. The molecule has 42 heavy (non-hydrogen) atoms. The minimum Gasteiger partial charge on any atom is -0.364 e. The fraction of sp³-hybridized carbons (Fsp3) is 0.571. The second kappa shape index (κ2) is 12.8. The number of nitrogens with zero attached hydrogens (tertiary/aromatic N) is 6. The van der Waals surface area contributed by atoms with Crippen LogP contribution in [0.15, 0.2) is 40.3 Å². The van der Waals surface area contributed by atoms with E-state index in [2.05, 4.69) is 30.8 Å². The number of aromatic nitrogens is 6. The average molecular weight is 609 g/mol. The quantitative estimate of drug-likeness (QED) is 0.324. The van der Waals surface area contributed by atoms with Crippen LogP contribution in [0.5, 0.6) is 0 Å². The van der Waals surface area contributed by atoms with Crippen molar-refractivity contribution in [3.63, 3.8) is 0 Å². The molecule has 10 nitrogen and oxygen atoms in total. The molecule has 2 N–H and O–H groups in total. The molecule has 3 aliphatic rings. The van der Waals surface area contributed by atoms with Crippen LogP contribution in [0, 0.1) is 0 Å². The van der Waals surface area contributed by atoms with Crippen LogP contribution in [0.4, 0.5) is 30.6 Å². The van der Waals surface area contributed by atoms with Crippen molar-refractivity contribution in [3.05, 3.63) is 62.0 Å². The van der Waals surface area contributed by atoms with Gasteiger partial charge in [-0.15, -0.1) is 0 Å². The molecule has 6 rings (SSSR count). The molecule has 3 aromatic heterocycles. The Kier molecular flexibility index (Phi) is 9.59. The lowest BCUT2D eigenvalue weighted by Gasteiger charge is -2.18. The fourth-order valence-corrected chi connectivity index (χ4v) is 5.34. The number of alkyl halides is 3. The lowest BCUT2D eigenvalue weighted by molar-refractivity contribution is -0.137. The highest BCUT2D eigenvalue weighted by molar-refractivity contribution is 6.30. The highest BCUT2D eigenvalue weighted by Crippen LogP contribution is 2.41. The summed E-state index contributed by atoms with van der Waals surface area (Å²) in [6.07, 6.45) is 9.26. The molecule has 3 saturated carbocycles. The molecule has 0 aliphatic heterocycles. The minimum atomic E-state index is -4.56. The van der Waals surface area contributed by atoms with E-state index in [9.17, 15) is 22.8 Å². The second-order valence-electron chi connectivity index (χ2n) is 11.1. The van der Waals surface area contributed by atoms with Gasteiger partial charge in [0.1, 0.15) is 11.4 Å². The van der Waals surface area contributed by atoms with E-state index in [1.807, 2.05) is 6.92 Å². The molecule has 3 aliphatic carbocycles. The second-order valence-corrected chi connectivity index (χ2v) is 11.6. The molecular formula is C28H36ClF3N8O2. The van der Waals surface area contributed by atoms with Crippen LogP contribution >= 0.6 is 11.6 Å². The Morgan fingerprint density at radius 2 is 1.45 bits per heavy atom. The summed E-state index contributed by atoms with van der Waals surface area (Å²) in [5, 5.41) is 14.3. The third-order valence-corrected chi connectivity index (χ3v) is 7.94. The lowest BCUT2D eigenvalue weighted by atomic mass is 10.2. The van der Waals surface area contributed by atoms with Crippen LogP contribution in [0.2, 0.25) is 5.02 Å². The maximum atomic E-state index is 13.3. The molecule has 14 heteroatoms. The van der Waals surface area contributed by atoms with Gasteiger partial charge in [-0.05, 0) is 45.4 Å². The van der Waals surface area contributed by atoms with Crippen LogP contribution in [0.3, 0.4) is 0 Å². The van der Waals surface area contributed by atoms with Crippen molar-refractivity contribution in [1.82, 2.24) is 29.5 Å². The first-order valence-corrected chi connectivity index (χ1v) is 14.2. The van der Waals surface area contributed by atoms with Crippen LogP contribution < -0.4 is 21.8 Å². The molecule has 228 valence electrons. The fourth-order valence-electron chi connectivity index (χ4n) is 5.20. The van der Waals surface area contributed by atoms with Gasteiger partial charge in [0.25, 0.3) is 11.1 Å². The first-order valence-electron chi connectivity index (χ1n) is 13.8. The minimum absolute atomic E-state index is 0. The van der Waals surface area contributed by atoms with E-state index in [1.54, 1.807) is 4.68 Å². The van der Waals surface area contributed by atoms with Crippen molar-refractivity contribution < 1.29 is 13.2 Å². The summed E-state index contributed by atoms with van der Waals surface area (Å²) in [4.78, 5) is 31.5. The van der Waals surface area contributed by atoms with Gasteiger partial charge in [0, 0.05) is 23.9 Å². The Bertz CT molecular complexity index is 1490. The summed E-state index contributed by atoms with van der Waals surface area (Å²) >= 11 is 5.65. The van der Waals surface area contributed by atoms with Gasteiger partial charge >= 0.3 is 6.18 Å². The van der Waals surface area contributed by atoms with Crippen molar-refractivity contribution in [2.75, 3.05) is 10.6 Å². The normalized spacial score (nSPS) is 18.1. The summed E-state index contributed by atoms with van der Waals surface area (Å²) in [6, 6.07) is 3.19. The van der Waals surface area contributed by atoms with Crippen molar-refractivity contribution in [2.45, 2.75) is 102 Å². The van der Waals surface area contributed by atoms with Crippen LogP contribution in [-0.2, 0) is 6.18 Å². The number of hydrogen-bond donors (Lipinski definition) is 2. The predicted molar refractivity (Wildman–Crippen MR) is 155 cm³/mol. The SMILES string of the molecule is C.CC1(Nc2nc(Nc3cnn(C4CCCC4)c(=O)c3)ncc2C(F)(F)F)CC1.O=c1cc(Cl)cnn1C1CCCC1. The van der Waals surface area contributed by atoms with Gasteiger partial charge in [-0.3, -0.25) is 9.59 Å². The molecule has 0 unspecified atom stereocenters. The monoisotopic (exact) mass is 608 g/mol. The molecule has 0 atom stereocenters. The summed E-state index contributed by atoms with van der Waals surface area (Å²) in [7, 11) is 0. The smallest absolute Gasteiger partial charge is 0.364 e. The summed E-state index contributed by atoms with van der Waals surface area (Å²) in [5.74, 6) is -0.295. The molecule has 0 radical (unpaired) electrons. The van der Waals surface area contributed by atoms with Crippen LogP contribution in [-0.4, -0.2) is 35.1 Å².